The molecule has 0 bridgehead atoms. The number of hydrazone groups is 1. The van der Waals surface area contributed by atoms with E-state index in [1.165, 1.54) is 19.2 Å². The van der Waals surface area contributed by atoms with Crippen LogP contribution in [0.2, 0.25) is 0 Å². The molecule has 1 aliphatic rings. The molecule has 3 rings (SSSR count). The maximum Gasteiger partial charge on any atom is 0.337 e. The molecule has 8 nitrogen and oxygen atoms in total. The Morgan fingerprint density at radius 1 is 0.968 bits per heavy atom. The monoisotopic (exact) mass is 423 g/mol. The number of amides is 1. The number of nitrogens with zero attached hydrogens (tertiary/aromatic N) is 3. The van der Waals surface area contributed by atoms with Gasteiger partial charge in [-0.1, -0.05) is 24.3 Å². The standard InChI is InChI=1S/C23H25N3O5/c1-15(2)25-14-20(27)26(21(25)17-9-11-19(12-10-17)23(29)31-4)24-13-16-5-7-18(8-6-16)22(28)30-3/h5-13,15,21H,14H2,1-4H3/t21-/m1/s1. The molecule has 8 heteroatoms. The summed E-state index contributed by atoms with van der Waals surface area (Å²) in [5.41, 5.74) is 2.45. The van der Waals surface area contributed by atoms with Crippen LogP contribution in [-0.4, -0.2) is 60.8 Å². The van der Waals surface area contributed by atoms with Crippen LogP contribution < -0.4 is 0 Å². The number of rotatable bonds is 6. The molecule has 1 atom stereocenters. The fourth-order valence-electron chi connectivity index (χ4n) is 3.38. The SMILES string of the molecule is COC(=O)c1ccc(C=NN2C(=O)CN(C(C)C)[C@H]2c2ccc(C(=O)OC)cc2)cc1. The highest BCUT2D eigenvalue weighted by molar-refractivity contribution is 5.91. The Labute approximate surface area is 181 Å². The van der Waals surface area contributed by atoms with Crippen LogP contribution in [0.4, 0.5) is 0 Å². The fraction of sp³-hybridized carbons (Fsp3) is 0.304. The minimum atomic E-state index is -0.417. The Morgan fingerprint density at radius 3 is 1.97 bits per heavy atom. The van der Waals surface area contributed by atoms with Gasteiger partial charge in [-0.3, -0.25) is 9.69 Å². The van der Waals surface area contributed by atoms with Gasteiger partial charge in [0.1, 0.15) is 6.17 Å². The topological polar surface area (TPSA) is 88.5 Å². The molecule has 1 aliphatic heterocycles. The summed E-state index contributed by atoms with van der Waals surface area (Å²) in [6.07, 6.45) is 1.18. The second-order valence-corrected chi connectivity index (χ2v) is 7.35. The molecule has 2 aromatic carbocycles. The van der Waals surface area contributed by atoms with Crippen LogP contribution >= 0.6 is 0 Å². The summed E-state index contributed by atoms with van der Waals surface area (Å²) in [4.78, 5) is 38.1. The zero-order valence-electron chi connectivity index (χ0n) is 17.9. The number of hydrogen-bond acceptors (Lipinski definition) is 7. The molecule has 2 aromatic rings. The summed E-state index contributed by atoms with van der Waals surface area (Å²) in [5, 5.41) is 5.89. The molecule has 0 spiro atoms. The van der Waals surface area contributed by atoms with E-state index in [1.54, 1.807) is 54.7 Å². The number of carbonyl (C=O) groups is 3. The molecule has 0 aromatic heterocycles. The maximum atomic E-state index is 12.7. The van der Waals surface area contributed by atoms with Crippen molar-refractivity contribution < 1.29 is 23.9 Å². The first kappa shape index (κ1) is 22.2. The second kappa shape index (κ2) is 9.53. The van der Waals surface area contributed by atoms with Crippen LogP contribution in [0.3, 0.4) is 0 Å². The van der Waals surface area contributed by atoms with Gasteiger partial charge in [0.15, 0.2) is 0 Å². The summed E-state index contributed by atoms with van der Waals surface area (Å²) in [7, 11) is 2.66. The van der Waals surface area contributed by atoms with Crippen molar-refractivity contribution in [2.24, 2.45) is 5.10 Å². The van der Waals surface area contributed by atoms with Gasteiger partial charge >= 0.3 is 11.9 Å². The first-order valence-electron chi connectivity index (χ1n) is 9.84. The maximum absolute atomic E-state index is 12.7. The molecule has 1 saturated heterocycles. The lowest BCUT2D eigenvalue weighted by Gasteiger charge is -2.30. The Bertz CT molecular complexity index is 983. The molecule has 1 fully saturated rings. The van der Waals surface area contributed by atoms with Gasteiger partial charge in [-0.2, -0.15) is 5.10 Å². The Morgan fingerprint density at radius 2 is 1.48 bits per heavy atom. The van der Waals surface area contributed by atoms with Gasteiger partial charge in [0.25, 0.3) is 5.91 Å². The average Bonchev–Trinajstić information content (AvgIpc) is 3.13. The Hall–Kier alpha value is -3.52. The van der Waals surface area contributed by atoms with Crippen molar-refractivity contribution in [1.82, 2.24) is 9.91 Å². The van der Waals surface area contributed by atoms with Gasteiger partial charge < -0.3 is 9.47 Å². The quantitative estimate of drug-likeness (QED) is 0.524. The summed E-state index contributed by atoms with van der Waals surface area (Å²) < 4.78 is 9.45. The zero-order valence-corrected chi connectivity index (χ0v) is 17.9. The molecular weight excluding hydrogens is 398 g/mol. The second-order valence-electron chi connectivity index (χ2n) is 7.35. The van der Waals surface area contributed by atoms with Crippen molar-refractivity contribution in [1.29, 1.82) is 0 Å². The molecule has 0 N–H and O–H groups in total. The van der Waals surface area contributed by atoms with E-state index in [-0.39, 0.29) is 18.5 Å². The van der Waals surface area contributed by atoms with Crippen LogP contribution in [0.25, 0.3) is 0 Å². The Balaban J connectivity index is 1.88. The van der Waals surface area contributed by atoms with E-state index in [0.29, 0.717) is 11.1 Å². The highest BCUT2D eigenvalue weighted by atomic mass is 16.5. The highest BCUT2D eigenvalue weighted by Crippen LogP contribution is 2.33. The molecule has 0 saturated carbocycles. The van der Waals surface area contributed by atoms with Crippen molar-refractivity contribution >= 4 is 24.1 Å². The predicted molar refractivity (Wildman–Crippen MR) is 115 cm³/mol. The van der Waals surface area contributed by atoms with E-state index >= 15 is 0 Å². The van der Waals surface area contributed by atoms with E-state index < -0.39 is 18.1 Å². The van der Waals surface area contributed by atoms with Crippen molar-refractivity contribution in [3.8, 4) is 0 Å². The third-order valence-electron chi connectivity index (χ3n) is 5.08. The fourth-order valence-corrected chi connectivity index (χ4v) is 3.38. The predicted octanol–water partition coefficient (Wildman–Crippen LogP) is 2.85. The van der Waals surface area contributed by atoms with E-state index in [1.807, 2.05) is 18.7 Å². The molecule has 31 heavy (non-hydrogen) atoms. The first-order chi connectivity index (χ1) is 14.8. The van der Waals surface area contributed by atoms with Crippen molar-refractivity contribution in [3.63, 3.8) is 0 Å². The van der Waals surface area contributed by atoms with Gasteiger partial charge in [-0.25, -0.2) is 14.6 Å². The van der Waals surface area contributed by atoms with Crippen molar-refractivity contribution in [2.75, 3.05) is 20.8 Å². The summed E-state index contributed by atoms with van der Waals surface area (Å²) >= 11 is 0. The van der Waals surface area contributed by atoms with Crippen LogP contribution in [0.5, 0.6) is 0 Å². The lowest BCUT2D eigenvalue weighted by atomic mass is 10.1. The van der Waals surface area contributed by atoms with Crippen LogP contribution in [-0.2, 0) is 14.3 Å². The third kappa shape index (κ3) is 4.80. The van der Waals surface area contributed by atoms with Crippen LogP contribution in [0.1, 0.15) is 51.9 Å². The Kier molecular flexibility index (Phi) is 6.81. The molecule has 162 valence electrons. The van der Waals surface area contributed by atoms with E-state index in [9.17, 15) is 14.4 Å². The number of carbonyl (C=O) groups excluding carboxylic acids is 3. The minimum Gasteiger partial charge on any atom is -0.465 e. The molecular formula is C23H25N3O5. The number of ether oxygens (including phenoxy) is 2. The first-order valence-corrected chi connectivity index (χ1v) is 9.84. The molecule has 1 amide bonds. The summed E-state index contributed by atoms with van der Waals surface area (Å²) in [5.74, 6) is -0.959. The van der Waals surface area contributed by atoms with E-state index in [0.717, 1.165) is 11.1 Å². The largest absolute Gasteiger partial charge is 0.465 e. The summed E-state index contributed by atoms with van der Waals surface area (Å²) in [6, 6.07) is 13.8. The van der Waals surface area contributed by atoms with E-state index in [2.05, 4.69) is 5.10 Å². The highest BCUT2D eigenvalue weighted by Gasteiger charge is 2.40. The average molecular weight is 423 g/mol. The van der Waals surface area contributed by atoms with Gasteiger partial charge in [0, 0.05) is 6.04 Å². The van der Waals surface area contributed by atoms with Gasteiger partial charge in [-0.15, -0.1) is 0 Å². The van der Waals surface area contributed by atoms with E-state index in [4.69, 9.17) is 9.47 Å². The summed E-state index contributed by atoms with van der Waals surface area (Å²) in [6.45, 7) is 4.27. The van der Waals surface area contributed by atoms with Gasteiger partial charge in [-0.05, 0) is 49.2 Å². The van der Waals surface area contributed by atoms with Crippen molar-refractivity contribution in [2.45, 2.75) is 26.1 Å². The van der Waals surface area contributed by atoms with Gasteiger partial charge in [0.05, 0.1) is 38.1 Å². The van der Waals surface area contributed by atoms with Crippen LogP contribution in [0, 0.1) is 0 Å². The lowest BCUT2D eigenvalue weighted by molar-refractivity contribution is -0.128. The molecule has 0 radical (unpaired) electrons. The van der Waals surface area contributed by atoms with Gasteiger partial charge in [0.2, 0.25) is 0 Å². The molecule has 0 unspecified atom stereocenters. The number of hydrogen-bond donors (Lipinski definition) is 0. The third-order valence-corrected chi connectivity index (χ3v) is 5.08. The number of esters is 2. The van der Waals surface area contributed by atoms with Crippen LogP contribution in [0.15, 0.2) is 53.6 Å². The number of methoxy groups -OCH3 is 2. The lowest BCUT2D eigenvalue weighted by Crippen LogP contribution is -2.33. The smallest absolute Gasteiger partial charge is 0.337 e. The normalized spacial score (nSPS) is 16.9. The van der Waals surface area contributed by atoms with Crippen molar-refractivity contribution in [3.05, 3.63) is 70.8 Å². The molecule has 1 heterocycles. The zero-order chi connectivity index (χ0) is 22.5. The minimum absolute atomic E-state index is 0.105. The molecule has 0 aliphatic carbocycles. The number of benzene rings is 2.